The number of halogens is 4. The van der Waals surface area contributed by atoms with Crippen LogP contribution < -0.4 is 0 Å². The van der Waals surface area contributed by atoms with Gasteiger partial charge in [0.25, 0.3) is 0 Å². The van der Waals surface area contributed by atoms with Crippen LogP contribution in [0.1, 0.15) is 69.4 Å². The van der Waals surface area contributed by atoms with Crippen LogP contribution in [-0.4, -0.2) is 12.7 Å². The predicted octanol–water partition coefficient (Wildman–Crippen LogP) is 9.30. The van der Waals surface area contributed by atoms with Gasteiger partial charge in [-0.2, -0.15) is 0 Å². The zero-order valence-corrected chi connectivity index (χ0v) is 21.0. The van der Waals surface area contributed by atoms with Crippen LogP contribution in [-0.2, 0) is 11.2 Å². The van der Waals surface area contributed by atoms with Crippen molar-refractivity contribution in [3.05, 3.63) is 94.6 Å². The summed E-state index contributed by atoms with van der Waals surface area (Å²) in [5, 5.41) is 0. The van der Waals surface area contributed by atoms with Crippen molar-refractivity contribution in [2.45, 2.75) is 70.8 Å². The Balaban J connectivity index is 1.41. The van der Waals surface area contributed by atoms with Crippen LogP contribution in [0.25, 0.3) is 11.1 Å². The molecule has 2 aromatic rings. The molecule has 0 N–H and O–H groups in total. The van der Waals surface area contributed by atoms with Crippen molar-refractivity contribution in [1.29, 1.82) is 0 Å². The maximum Gasteiger partial charge on any atom is 0.166 e. The molecule has 192 valence electrons. The van der Waals surface area contributed by atoms with E-state index in [2.05, 4.69) is 12.2 Å². The monoisotopic (exact) mass is 498 g/mol. The van der Waals surface area contributed by atoms with Gasteiger partial charge in [-0.05, 0) is 92.9 Å². The molecule has 1 unspecified atom stereocenters. The minimum atomic E-state index is -0.840. The van der Waals surface area contributed by atoms with Gasteiger partial charge in [0.2, 0.25) is 0 Å². The number of ether oxygens (including phenoxy) is 1. The lowest BCUT2D eigenvalue weighted by Gasteiger charge is -2.27. The molecule has 0 amide bonds. The summed E-state index contributed by atoms with van der Waals surface area (Å²) in [6, 6.07) is 10.6. The molecule has 0 bridgehead atoms. The van der Waals surface area contributed by atoms with Crippen molar-refractivity contribution in [2.24, 2.45) is 5.92 Å². The molecular formula is C31H34F4O. The third-order valence-electron chi connectivity index (χ3n) is 7.46. The highest BCUT2D eigenvalue weighted by Gasteiger charge is 2.27. The summed E-state index contributed by atoms with van der Waals surface area (Å²) in [5.74, 6) is -2.64. The number of hydrogen-bond donors (Lipinski definition) is 0. The Morgan fingerprint density at radius 1 is 0.889 bits per heavy atom. The average Bonchev–Trinajstić information content (AvgIpc) is 2.89. The molecule has 1 nitrogen and oxygen atoms in total. The summed E-state index contributed by atoms with van der Waals surface area (Å²) in [5.41, 5.74) is 2.55. The molecule has 1 saturated carbocycles. The Labute approximate surface area is 211 Å². The van der Waals surface area contributed by atoms with E-state index in [-0.39, 0.29) is 11.5 Å². The molecule has 1 fully saturated rings. The van der Waals surface area contributed by atoms with Crippen LogP contribution in [0, 0.1) is 17.6 Å². The number of hydrogen-bond acceptors (Lipinski definition) is 1. The minimum Gasteiger partial charge on any atom is -0.371 e. The number of benzene rings is 2. The van der Waals surface area contributed by atoms with Gasteiger partial charge in [0, 0.05) is 12.2 Å². The standard InChI is InChI=1S/C31H34F4O/c1-3-5-20-6-11-22(12-7-20)25-17-18-26(30(34)29(25)33)23-13-8-21(9-14-23)10-15-24-16-19-27(36-4-2)31(35)28(24)32/h3,5,8-9,13-14,16-18,20,22,27H,4,6-7,10-12,15,19H2,1-2H3/b5-3+. The fourth-order valence-corrected chi connectivity index (χ4v) is 5.42. The van der Waals surface area contributed by atoms with E-state index in [1.807, 2.05) is 19.1 Å². The van der Waals surface area contributed by atoms with Crippen molar-refractivity contribution >= 4 is 0 Å². The summed E-state index contributed by atoms with van der Waals surface area (Å²) in [6.07, 6.45) is 10.0. The zero-order chi connectivity index (χ0) is 25.7. The van der Waals surface area contributed by atoms with Crippen LogP contribution in [0.4, 0.5) is 17.6 Å². The van der Waals surface area contributed by atoms with Gasteiger partial charge in [-0.1, -0.05) is 54.6 Å². The second kappa shape index (κ2) is 12.1. The highest BCUT2D eigenvalue weighted by molar-refractivity contribution is 5.65. The lowest BCUT2D eigenvalue weighted by Crippen LogP contribution is -2.17. The van der Waals surface area contributed by atoms with E-state index in [1.54, 1.807) is 37.3 Å². The molecule has 2 aliphatic rings. The van der Waals surface area contributed by atoms with E-state index >= 15 is 8.78 Å². The smallest absolute Gasteiger partial charge is 0.166 e. The Hall–Kier alpha value is -2.66. The van der Waals surface area contributed by atoms with Gasteiger partial charge in [0.1, 0.15) is 6.10 Å². The maximum atomic E-state index is 15.1. The third-order valence-corrected chi connectivity index (χ3v) is 7.46. The Kier molecular flexibility index (Phi) is 8.84. The lowest BCUT2D eigenvalue weighted by molar-refractivity contribution is 0.0698. The lowest BCUT2D eigenvalue weighted by atomic mass is 9.78. The van der Waals surface area contributed by atoms with Crippen molar-refractivity contribution in [3.63, 3.8) is 0 Å². The largest absolute Gasteiger partial charge is 0.371 e. The van der Waals surface area contributed by atoms with E-state index < -0.39 is 29.4 Å². The molecule has 2 aromatic carbocycles. The molecule has 0 radical (unpaired) electrons. The van der Waals surface area contributed by atoms with Gasteiger partial charge in [-0.25, -0.2) is 17.6 Å². The minimum absolute atomic E-state index is 0.0506. The summed E-state index contributed by atoms with van der Waals surface area (Å²) >= 11 is 0. The van der Waals surface area contributed by atoms with Crippen molar-refractivity contribution in [3.8, 4) is 11.1 Å². The summed E-state index contributed by atoms with van der Waals surface area (Å²) in [4.78, 5) is 0. The highest BCUT2D eigenvalue weighted by atomic mass is 19.2. The second-order valence-electron chi connectivity index (χ2n) is 9.74. The van der Waals surface area contributed by atoms with Crippen molar-refractivity contribution < 1.29 is 22.3 Å². The first kappa shape index (κ1) is 26.4. The van der Waals surface area contributed by atoms with E-state index in [0.29, 0.717) is 48.5 Å². The second-order valence-corrected chi connectivity index (χ2v) is 9.74. The molecule has 1 atom stereocenters. The quantitative estimate of drug-likeness (QED) is 0.260. The van der Waals surface area contributed by atoms with Gasteiger partial charge in [0.05, 0.1) is 0 Å². The molecule has 0 saturated heterocycles. The summed E-state index contributed by atoms with van der Waals surface area (Å²) in [6.45, 7) is 4.09. The van der Waals surface area contributed by atoms with E-state index in [0.717, 1.165) is 31.2 Å². The van der Waals surface area contributed by atoms with Crippen LogP contribution >= 0.6 is 0 Å². The first-order valence-corrected chi connectivity index (χ1v) is 13.0. The predicted molar refractivity (Wildman–Crippen MR) is 137 cm³/mol. The fraction of sp³-hybridized carbons (Fsp3) is 0.419. The van der Waals surface area contributed by atoms with E-state index in [1.165, 1.54) is 0 Å². The van der Waals surface area contributed by atoms with Crippen LogP contribution in [0.15, 0.2) is 71.9 Å². The van der Waals surface area contributed by atoms with E-state index in [9.17, 15) is 8.78 Å². The molecule has 0 spiro atoms. The molecule has 0 heterocycles. The van der Waals surface area contributed by atoms with Gasteiger partial charge in [0.15, 0.2) is 23.3 Å². The van der Waals surface area contributed by atoms with E-state index in [4.69, 9.17) is 4.74 Å². The van der Waals surface area contributed by atoms with Gasteiger partial charge >= 0.3 is 0 Å². The molecule has 4 rings (SSSR count). The average molecular weight is 499 g/mol. The van der Waals surface area contributed by atoms with Gasteiger partial charge < -0.3 is 4.74 Å². The third kappa shape index (κ3) is 5.83. The Bertz CT molecular complexity index is 1140. The number of rotatable bonds is 8. The van der Waals surface area contributed by atoms with Gasteiger partial charge in [-0.3, -0.25) is 0 Å². The van der Waals surface area contributed by atoms with Crippen LogP contribution in [0.5, 0.6) is 0 Å². The molecular weight excluding hydrogens is 464 g/mol. The number of allylic oxidation sites excluding steroid dienone is 4. The normalized spacial score (nSPS) is 22.8. The summed E-state index contributed by atoms with van der Waals surface area (Å²) < 4.78 is 63.9. The van der Waals surface area contributed by atoms with Gasteiger partial charge in [-0.15, -0.1) is 0 Å². The highest BCUT2D eigenvalue weighted by Crippen LogP contribution is 2.39. The first-order chi connectivity index (χ1) is 17.4. The molecule has 0 aromatic heterocycles. The van der Waals surface area contributed by atoms with Crippen molar-refractivity contribution in [2.75, 3.05) is 6.61 Å². The van der Waals surface area contributed by atoms with Crippen molar-refractivity contribution in [1.82, 2.24) is 0 Å². The molecule has 0 aliphatic heterocycles. The number of aryl methyl sites for hydroxylation is 1. The molecule has 36 heavy (non-hydrogen) atoms. The first-order valence-electron chi connectivity index (χ1n) is 13.0. The Morgan fingerprint density at radius 2 is 1.61 bits per heavy atom. The zero-order valence-electron chi connectivity index (χ0n) is 21.0. The topological polar surface area (TPSA) is 9.23 Å². The Morgan fingerprint density at radius 3 is 2.28 bits per heavy atom. The molecule has 5 heteroatoms. The van der Waals surface area contributed by atoms with Crippen LogP contribution in [0.2, 0.25) is 0 Å². The van der Waals surface area contributed by atoms with Crippen LogP contribution in [0.3, 0.4) is 0 Å². The fourth-order valence-electron chi connectivity index (χ4n) is 5.42. The molecule has 2 aliphatic carbocycles. The SMILES string of the molecule is C/C=C/C1CCC(c2ccc(-c3ccc(CCC4=CCC(OCC)C(F)=C4F)cc3)c(F)c2F)CC1. The summed E-state index contributed by atoms with van der Waals surface area (Å²) in [7, 11) is 0. The maximum absolute atomic E-state index is 15.1.